The van der Waals surface area contributed by atoms with E-state index in [9.17, 15) is 4.79 Å². The van der Waals surface area contributed by atoms with Crippen molar-refractivity contribution in [1.82, 2.24) is 0 Å². The molecule has 0 aliphatic heterocycles. The molecule has 0 heterocycles. The molecule has 0 amide bonds. The molecule has 1 aromatic rings. The zero-order valence-corrected chi connectivity index (χ0v) is 15.4. The van der Waals surface area contributed by atoms with Crippen LogP contribution in [0.3, 0.4) is 0 Å². The summed E-state index contributed by atoms with van der Waals surface area (Å²) in [5.74, 6) is 0.402. The molecule has 0 spiro atoms. The first-order valence-corrected chi connectivity index (χ1v) is 8.07. The van der Waals surface area contributed by atoms with Crippen LogP contribution in [0.1, 0.15) is 53.5 Å². The van der Waals surface area contributed by atoms with Crippen molar-refractivity contribution < 1.29 is 14.3 Å². The average Bonchev–Trinajstić information content (AvgIpc) is 2.41. The predicted octanol–water partition coefficient (Wildman–Crippen LogP) is 4.90. The van der Waals surface area contributed by atoms with Gasteiger partial charge in [-0.2, -0.15) is 0 Å². The molecule has 0 aromatic heterocycles. The van der Waals surface area contributed by atoms with E-state index in [2.05, 4.69) is 53.3 Å². The van der Waals surface area contributed by atoms with Gasteiger partial charge in [-0.1, -0.05) is 53.3 Å². The van der Waals surface area contributed by atoms with Crippen LogP contribution < -0.4 is 4.74 Å². The number of hydrogen-bond acceptors (Lipinski definition) is 3. The van der Waals surface area contributed by atoms with Crippen molar-refractivity contribution in [3.63, 3.8) is 0 Å². The lowest BCUT2D eigenvalue weighted by atomic mass is 9.72. The molecule has 0 bridgehead atoms. The Morgan fingerprint density at radius 2 is 1.61 bits per heavy atom. The molecule has 1 rings (SSSR count). The first kappa shape index (κ1) is 19.3. The van der Waals surface area contributed by atoms with Crippen LogP contribution in [0.2, 0.25) is 0 Å². The molecule has 0 aliphatic carbocycles. The van der Waals surface area contributed by atoms with Gasteiger partial charge in [-0.15, -0.1) is 0 Å². The number of ether oxygens (including phenoxy) is 2. The van der Waals surface area contributed by atoms with E-state index in [0.717, 1.165) is 12.2 Å². The van der Waals surface area contributed by atoms with Crippen LogP contribution in [0.25, 0.3) is 0 Å². The van der Waals surface area contributed by atoms with Gasteiger partial charge in [-0.25, -0.2) is 4.79 Å². The second-order valence-electron chi connectivity index (χ2n) is 7.91. The van der Waals surface area contributed by atoms with E-state index < -0.39 is 0 Å². The quantitative estimate of drug-likeness (QED) is 0.407. The maximum Gasteiger partial charge on any atom is 0.333 e. The Morgan fingerprint density at radius 1 is 1.04 bits per heavy atom. The van der Waals surface area contributed by atoms with Gasteiger partial charge in [0, 0.05) is 5.57 Å². The molecule has 3 heteroatoms. The Labute approximate surface area is 140 Å². The third-order valence-corrected chi connectivity index (χ3v) is 3.54. The molecule has 3 nitrogen and oxygen atoms in total. The SMILES string of the molecule is C=C(C)C(=O)OCCOc1ccc(C(C)(C)CC(C)(C)C)cc1. The van der Waals surface area contributed by atoms with Crippen LogP contribution in [-0.4, -0.2) is 19.2 Å². The molecule has 0 N–H and O–H groups in total. The minimum absolute atomic E-state index is 0.119. The van der Waals surface area contributed by atoms with Crippen LogP contribution in [0.5, 0.6) is 5.75 Å². The van der Waals surface area contributed by atoms with Gasteiger partial charge >= 0.3 is 5.97 Å². The lowest BCUT2D eigenvalue weighted by Crippen LogP contribution is -2.24. The highest BCUT2D eigenvalue weighted by Gasteiger charge is 2.27. The zero-order valence-electron chi connectivity index (χ0n) is 15.4. The fraction of sp³-hybridized carbons (Fsp3) is 0.550. The van der Waals surface area contributed by atoms with Crippen molar-refractivity contribution in [3.05, 3.63) is 42.0 Å². The first-order chi connectivity index (χ1) is 10.5. The van der Waals surface area contributed by atoms with Gasteiger partial charge < -0.3 is 9.47 Å². The molecule has 128 valence electrons. The van der Waals surface area contributed by atoms with E-state index in [4.69, 9.17) is 9.47 Å². The molecule has 0 atom stereocenters. The molecule has 0 saturated carbocycles. The van der Waals surface area contributed by atoms with Gasteiger partial charge in [0.25, 0.3) is 0 Å². The van der Waals surface area contributed by atoms with Gasteiger partial charge in [0.1, 0.15) is 19.0 Å². The largest absolute Gasteiger partial charge is 0.490 e. The van der Waals surface area contributed by atoms with E-state index in [1.165, 1.54) is 5.56 Å². The van der Waals surface area contributed by atoms with Crippen molar-refractivity contribution in [3.8, 4) is 5.75 Å². The van der Waals surface area contributed by atoms with Crippen molar-refractivity contribution in [2.75, 3.05) is 13.2 Å². The Bertz CT molecular complexity index is 533. The van der Waals surface area contributed by atoms with Crippen molar-refractivity contribution in [2.24, 2.45) is 5.41 Å². The summed E-state index contributed by atoms with van der Waals surface area (Å²) >= 11 is 0. The standard InChI is InChI=1S/C20H30O3/c1-15(2)18(21)23-13-12-22-17-10-8-16(9-11-17)20(6,7)14-19(3,4)5/h8-11H,1,12-14H2,2-7H3. The zero-order chi connectivity index (χ0) is 17.7. The molecule has 0 fully saturated rings. The summed E-state index contributed by atoms with van der Waals surface area (Å²) in [5, 5.41) is 0. The topological polar surface area (TPSA) is 35.5 Å². The number of carbonyl (C=O) groups excluding carboxylic acids is 1. The molecule has 0 aliphatic rings. The Hall–Kier alpha value is -1.77. The third-order valence-electron chi connectivity index (χ3n) is 3.54. The fourth-order valence-electron chi connectivity index (χ4n) is 2.85. The highest BCUT2D eigenvalue weighted by molar-refractivity contribution is 5.86. The van der Waals surface area contributed by atoms with Crippen molar-refractivity contribution in [1.29, 1.82) is 0 Å². The summed E-state index contributed by atoms with van der Waals surface area (Å²) in [4.78, 5) is 11.2. The highest BCUT2D eigenvalue weighted by Crippen LogP contribution is 2.36. The molecule has 1 aromatic carbocycles. The van der Waals surface area contributed by atoms with Gasteiger partial charge in [-0.3, -0.25) is 0 Å². The normalized spacial score (nSPS) is 11.9. The van der Waals surface area contributed by atoms with Crippen LogP contribution in [-0.2, 0) is 14.9 Å². The van der Waals surface area contributed by atoms with E-state index >= 15 is 0 Å². The Morgan fingerprint density at radius 3 is 2.09 bits per heavy atom. The average molecular weight is 318 g/mol. The molecule has 0 radical (unpaired) electrons. The minimum Gasteiger partial charge on any atom is -0.490 e. The summed E-state index contributed by atoms with van der Waals surface area (Å²) in [6.07, 6.45) is 1.11. The van der Waals surface area contributed by atoms with Crippen LogP contribution in [0.4, 0.5) is 0 Å². The Kier molecular flexibility index (Phi) is 6.43. The monoisotopic (exact) mass is 318 g/mol. The molecule has 0 unspecified atom stereocenters. The predicted molar refractivity (Wildman–Crippen MR) is 94.8 cm³/mol. The van der Waals surface area contributed by atoms with Gasteiger partial charge in [0.2, 0.25) is 0 Å². The summed E-state index contributed by atoms with van der Waals surface area (Å²) in [6, 6.07) is 8.17. The number of rotatable bonds is 7. The van der Waals surface area contributed by atoms with Crippen LogP contribution in [0, 0.1) is 5.41 Å². The molecule has 0 saturated heterocycles. The first-order valence-electron chi connectivity index (χ1n) is 8.07. The summed E-state index contributed by atoms with van der Waals surface area (Å²) in [7, 11) is 0. The number of benzene rings is 1. The van der Waals surface area contributed by atoms with Crippen LogP contribution >= 0.6 is 0 Å². The summed E-state index contributed by atoms with van der Waals surface area (Å²) in [5.41, 5.74) is 2.10. The number of carbonyl (C=O) groups is 1. The number of hydrogen-bond donors (Lipinski definition) is 0. The summed E-state index contributed by atoms with van der Waals surface area (Å²) < 4.78 is 10.6. The van der Waals surface area contributed by atoms with Gasteiger partial charge in [0.15, 0.2) is 0 Å². The lowest BCUT2D eigenvalue weighted by molar-refractivity contribution is -0.139. The molecular weight excluding hydrogens is 288 g/mol. The van der Waals surface area contributed by atoms with E-state index in [1.54, 1.807) is 6.92 Å². The van der Waals surface area contributed by atoms with E-state index in [-0.39, 0.29) is 23.4 Å². The second-order valence-corrected chi connectivity index (χ2v) is 7.91. The summed E-state index contributed by atoms with van der Waals surface area (Å²) in [6.45, 7) is 17.0. The maximum absolute atomic E-state index is 11.2. The Balaban J connectivity index is 2.53. The smallest absolute Gasteiger partial charge is 0.333 e. The van der Waals surface area contributed by atoms with E-state index in [1.807, 2.05) is 12.1 Å². The third kappa shape index (κ3) is 6.89. The van der Waals surface area contributed by atoms with Crippen molar-refractivity contribution >= 4 is 5.97 Å². The highest BCUT2D eigenvalue weighted by atomic mass is 16.6. The van der Waals surface area contributed by atoms with Gasteiger partial charge in [-0.05, 0) is 41.9 Å². The molecule has 23 heavy (non-hydrogen) atoms. The maximum atomic E-state index is 11.2. The van der Waals surface area contributed by atoms with E-state index in [0.29, 0.717) is 12.2 Å². The second kappa shape index (κ2) is 7.67. The van der Waals surface area contributed by atoms with Crippen molar-refractivity contribution in [2.45, 2.75) is 53.4 Å². The molecular formula is C20H30O3. The fourth-order valence-corrected chi connectivity index (χ4v) is 2.85. The van der Waals surface area contributed by atoms with Gasteiger partial charge in [0.05, 0.1) is 0 Å². The lowest BCUT2D eigenvalue weighted by Gasteiger charge is -2.33. The number of esters is 1. The van der Waals surface area contributed by atoms with Crippen LogP contribution in [0.15, 0.2) is 36.4 Å². The minimum atomic E-state index is -0.382.